The van der Waals surface area contributed by atoms with E-state index in [2.05, 4.69) is 29.2 Å². The van der Waals surface area contributed by atoms with E-state index in [0.717, 1.165) is 69.8 Å². The molecule has 1 aliphatic carbocycles. The first-order chi connectivity index (χ1) is 14.7. The molecule has 1 saturated carbocycles. The second-order valence-corrected chi connectivity index (χ2v) is 9.70. The van der Waals surface area contributed by atoms with Gasteiger partial charge in [0.25, 0.3) is 0 Å². The van der Waals surface area contributed by atoms with Gasteiger partial charge in [0, 0.05) is 38.8 Å². The van der Waals surface area contributed by atoms with Crippen LogP contribution in [0.25, 0.3) is 0 Å². The molecule has 30 heavy (non-hydrogen) atoms. The average Bonchev–Trinajstić information content (AvgIpc) is 2.81. The number of methoxy groups -OCH3 is 1. The normalized spacial score (nSPS) is 24.4. The number of piperidine rings is 1. The summed E-state index contributed by atoms with van der Waals surface area (Å²) in [4.78, 5) is 2.62. The van der Waals surface area contributed by atoms with Crippen molar-refractivity contribution in [3.05, 3.63) is 35.9 Å². The van der Waals surface area contributed by atoms with Crippen LogP contribution in [0.1, 0.15) is 76.2 Å². The molecule has 4 heteroatoms. The molecule has 0 amide bonds. The molecule has 4 nitrogen and oxygen atoms in total. The van der Waals surface area contributed by atoms with Gasteiger partial charge in [0.2, 0.25) is 0 Å². The average molecular weight is 417 g/mol. The molecule has 0 unspecified atom stereocenters. The zero-order chi connectivity index (χ0) is 21.2. The minimum atomic E-state index is -0.766. The largest absolute Gasteiger partial charge is 0.385 e. The molecule has 170 valence electrons. The van der Waals surface area contributed by atoms with Crippen LogP contribution in [0.5, 0.6) is 0 Å². The lowest BCUT2D eigenvalue weighted by atomic mass is 9.73. The molecule has 1 aromatic rings. The Kier molecular flexibility index (Phi) is 9.64. The number of likely N-dealkylation sites (tertiary alicyclic amines) is 1. The van der Waals surface area contributed by atoms with Crippen LogP contribution in [0, 0.1) is 11.8 Å². The highest BCUT2D eigenvalue weighted by atomic mass is 16.5. The number of rotatable bonds is 11. The van der Waals surface area contributed by atoms with E-state index < -0.39 is 5.60 Å². The first kappa shape index (κ1) is 23.7. The standard InChI is InChI=1S/C26H44N2O2/c1-30-18-9-8-16-26(29,23-13-6-3-7-14-23)24-15-10-17-28(21-24)25(20-27)19-22-11-4-2-5-12-22/h3,6-7,13-14,22,24-25,29H,2,4-5,8-12,15-21,27H2,1H3/t24-,25+,26-/m1/s1. The Morgan fingerprint density at radius 1 is 1.10 bits per heavy atom. The lowest BCUT2D eigenvalue weighted by molar-refractivity contribution is -0.0686. The molecule has 3 atom stereocenters. The van der Waals surface area contributed by atoms with Gasteiger partial charge in [-0.15, -0.1) is 0 Å². The van der Waals surface area contributed by atoms with Crippen LogP contribution in [0.2, 0.25) is 0 Å². The van der Waals surface area contributed by atoms with E-state index in [1.807, 2.05) is 6.07 Å². The van der Waals surface area contributed by atoms with Crippen LogP contribution < -0.4 is 5.73 Å². The fraction of sp³-hybridized carbons (Fsp3) is 0.769. The summed E-state index contributed by atoms with van der Waals surface area (Å²) in [5.41, 5.74) is 6.59. The molecule has 1 heterocycles. The number of unbranched alkanes of at least 4 members (excludes halogenated alkanes) is 1. The fourth-order valence-corrected chi connectivity index (χ4v) is 5.88. The number of ether oxygens (including phenoxy) is 1. The summed E-state index contributed by atoms with van der Waals surface area (Å²) in [5, 5.41) is 12.0. The van der Waals surface area contributed by atoms with Crippen LogP contribution in [-0.4, -0.2) is 49.4 Å². The second kappa shape index (κ2) is 12.2. The zero-order valence-corrected chi connectivity index (χ0v) is 19.1. The zero-order valence-electron chi connectivity index (χ0n) is 19.1. The van der Waals surface area contributed by atoms with Gasteiger partial charge in [-0.2, -0.15) is 0 Å². The van der Waals surface area contributed by atoms with Gasteiger partial charge in [0.15, 0.2) is 0 Å². The summed E-state index contributed by atoms with van der Waals surface area (Å²) in [7, 11) is 1.75. The van der Waals surface area contributed by atoms with E-state index in [1.54, 1.807) is 7.11 Å². The van der Waals surface area contributed by atoms with E-state index in [9.17, 15) is 5.11 Å². The highest BCUT2D eigenvalue weighted by molar-refractivity contribution is 5.23. The number of nitrogens with two attached hydrogens (primary N) is 1. The van der Waals surface area contributed by atoms with Crippen molar-refractivity contribution in [1.29, 1.82) is 0 Å². The maximum absolute atomic E-state index is 12.0. The van der Waals surface area contributed by atoms with Crippen LogP contribution in [-0.2, 0) is 10.3 Å². The van der Waals surface area contributed by atoms with Gasteiger partial charge in [-0.3, -0.25) is 4.90 Å². The summed E-state index contributed by atoms with van der Waals surface area (Å²) in [6.07, 6.45) is 13.2. The van der Waals surface area contributed by atoms with Crippen molar-refractivity contribution in [1.82, 2.24) is 4.90 Å². The van der Waals surface area contributed by atoms with Crippen molar-refractivity contribution in [2.75, 3.05) is 33.4 Å². The predicted octanol–water partition coefficient (Wildman–Crippen LogP) is 4.70. The Morgan fingerprint density at radius 2 is 1.87 bits per heavy atom. The second-order valence-electron chi connectivity index (χ2n) is 9.70. The van der Waals surface area contributed by atoms with Gasteiger partial charge in [-0.25, -0.2) is 0 Å². The fourth-order valence-electron chi connectivity index (χ4n) is 5.88. The summed E-state index contributed by atoms with van der Waals surface area (Å²) in [6.45, 7) is 3.59. The van der Waals surface area contributed by atoms with E-state index in [0.29, 0.717) is 6.04 Å². The lowest BCUT2D eigenvalue weighted by Gasteiger charge is -2.46. The first-order valence-electron chi connectivity index (χ1n) is 12.4. The molecule has 0 spiro atoms. The SMILES string of the molecule is COCCCC[C@@](O)(c1ccccc1)[C@@H]1CCCN([C@H](CN)CC2CCCCC2)C1. The Morgan fingerprint density at radius 3 is 2.57 bits per heavy atom. The molecule has 3 rings (SSSR count). The van der Waals surface area contributed by atoms with Crippen molar-refractivity contribution < 1.29 is 9.84 Å². The minimum absolute atomic E-state index is 0.261. The first-order valence-corrected chi connectivity index (χ1v) is 12.4. The predicted molar refractivity (Wildman–Crippen MR) is 124 cm³/mol. The maximum atomic E-state index is 12.0. The molecular weight excluding hydrogens is 372 g/mol. The monoisotopic (exact) mass is 416 g/mol. The van der Waals surface area contributed by atoms with Crippen molar-refractivity contribution in [3.8, 4) is 0 Å². The van der Waals surface area contributed by atoms with Gasteiger partial charge in [-0.1, -0.05) is 62.4 Å². The van der Waals surface area contributed by atoms with Crippen LogP contribution in [0.3, 0.4) is 0 Å². The lowest BCUT2D eigenvalue weighted by Crippen LogP contribution is -2.51. The summed E-state index contributed by atoms with van der Waals surface area (Å²) < 4.78 is 5.24. The van der Waals surface area contributed by atoms with E-state index in [-0.39, 0.29) is 5.92 Å². The Balaban J connectivity index is 1.69. The van der Waals surface area contributed by atoms with Gasteiger partial charge in [0.05, 0.1) is 5.60 Å². The molecule has 1 aliphatic heterocycles. The highest BCUT2D eigenvalue weighted by Gasteiger charge is 2.41. The Labute approximate surface area is 184 Å². The quantitative estimate of drug-likeness (QED) is 0.513. The van der Waals surface area contributed by atoms with Crippen LogP contribution >= 0.6 is 0 Å². The van der Waals surface area contributed by atoms with Crippen LogP contribution in [0.4, 0.5) is 0 Å². The van der Waals surface area contributed by atoms with Crippen molar-refractivity contribution in [2.45, 2.75) is 82.3 Å². The highest BCUT2D eigenvalue weighted by Crippen LogP contribution is 2.40. The van der Waals surface area contributed by atoms with Crippen molar-refractivity contribution in [3.63, 3.8) is 0 Å². The summed E-state index contributed by atoms with van der Waals surface area (Å²) in [5.74, 6) is 1.10. The third-order valence-corrected chi connectivity index (χ3v) is 7.68. The Bertz CT molecular complexity index is 590. The van der Waals surface area contributed by atoms with E-state index >= 15 is 0 Å². The molecule has 1 saturated heterocycles. The number of aliphatic hydroxyl groups is 1. The van der Waals surface area contributed by atoms with Gasteiger partial charge in [0.1, 0.15) is 0 Å². The summed E-state index contributed by atoms with van der Waals surface area (Å²) >= 11 is 0. The Hall–Kier alpha value is -0.940. The van der Waals surface area contributed by atoms with Gasteiger partial charge >= 0.3 is 0 Å². The van der Waals surface area contributed by atoms with Gasteiger partial charge in [-0.05, 0) is 56.6 Å². The molecule has 0 bridgehead atoms. The van der Waals surface area contributed by atoms with E-state index in [1.165, 1.54) is 38.5 Å². The molecule has 2 fully saturated rings. The smallest absolute Gasteiger partial charge is 0.0936 e. The third kappa shape index (κ3) is 6.29. The summed E-state index contributed by atoms with van der Waals surface area (Å²) in [6, 6.07) is 10.8. The minimum Gasteiger partial charge on any atom is -0.385 e. The van der Waals surface area contributed by atoms with Crippen molar-refractivity contribution >= 4 is 0 Å². The molecule has 1 aromatic carbocycles. The van der Waals surface area contributed by atoms with E-state index in [4.69, 9.17) is 10.5 Å². The van der Waals surface area contributed by atoms with Crippen LogP contribution in [0.15, 0.2) is 30.3 Å². The molecule has 0 aromatic heterocycles. The molecule has 2 aliphatic rings. The topological polar surface area (TPSA) is 58.7 Å². The third-order valence-electron chi connectivity index (χ3n) is 7.68. The molecular formula is C26H44N2O2. The van der Waals surface area contributed by atoms with Gasteiger partial charge < -0.3 is 15.6 Å². The van der Waals surface area contributed by atoms with Crippen molar-refractivity contribution in [2.24, 2.45) is 17.6 Å². The number of hydrogen-bond acceptors (Lipinski definition) is 4. The number of hydrogen-bond donors (Lipinski definition) is 2. The maximum Gasteiger partial charge on any atom is 0.0936 e. The molecule has 0 radical (unpaired) electrons. The molecule has 3 N–H and O–H groups in total. The number of benzene rings is 1. The number of nitrogens with zero attached hydrogens (tertiary/aromatic N) is 1.